The zero-order chi connectivity index (χ0) is 16.4. The smallest absolute Gasteiger partial charge is 0.291 e. The summed E-state index contributed by atoms with van der Waals surface area (Å²) < 4.78 is 19.3. The third-order valence-electron chi connectivity index (χ3n) is 3.60. The molecule has 0 atom stereocenters. The fourth-order valence-corrected chi connectivity index (χ4v) is 2.40. The van der Waals surface area contributed by atoms with E-state index in [0.717, 1.165) is 16.8 Å². The highest BCUT2D eigenvalue weighted by molar-refractivity contribution is 6.03. The zero-order valence-electron chi connectivity index (χ0n) is 12.9. The van der Waals surface area contributed by atoms with E-state index >= 15 is 0 Å². The Morgan fingerprint density at radius 3 is 2.57 bits per heavy atom. The number of halogens is 1. The molecule has 0 aliphatic rings. The van der Waals surface area contributed by atoms with Crippen LogP contribution in [0.25, 0.3) is 11.3 Å². The van der Waals surface area contributed by atoms with Crippen molar-refractivity contribution < 1.29 is 13.6 Å². The molecule has 3 nitrogen and oxygen atoms in total. The second-order valence-corrected chi connectivity index (χ2v) is 5.42. The van der Waals surface area contributed by atoms with Crippen LogP contribution in [0.4, 0.5) is 10.1 Å². The maximum Gasteiger partial charge on any atom is 0.291 e. The van der Waals surface area contributed by atoms with E-state index in [0.29, 0.717) is 11.3 Å². The number of carbonyl (C=O) groups excluding carboxylic acids is 1. The van der Waals surface area contributed by atoms with Gasteiger partial charge in [0.1, 0.15) is 11.6 Å². The number of hydrogen-bond donors (Lipinski definition) is 1. The van der Waals surface area contributed by atoms with Crippen molar-refractivity contribution >= 4 is 11.6 Å². The molecule has 0 radical (unpaired) electrons. The maximum absolute atomic E-state index is 13.8. The molecule has 1 amide bonds. The Kier molecular flexibility index (Phi) is 3.98. The van der Waals surface area contributed by atoms with Crippen LogP contribution in [0.2, 0.25) is 0 Å². The van der Waals surface area contributed by atoms with Crippen LogP contribution in [0.3, 0.4) is 0 Å². The summed E-state index contributed by atoms with van der Waals surface area (Å²) in [5.41, 5.74) is 3.15. The van der Waals surface area contributed by atoms with Gasteiger partial charge in [0.25, 0.3) is 5.91 Å². The van der Waals surface area contributed by atoms with Crippen LogP contribution in [0.15, 0.2) is 59.0 Å². The maximum atomic E-state index is 13.8. The van der Waals surface area contributed by atoms with Crippen molar-refractivity contribution in [2.45, 2.75) is 13.8 Å². The highest BCUT2D eigenvalue weighted by Crippen LogP contribution is 2.25. The van der Waals surface area contributed by atoms with Crippen LogP contribution in [-0.2, 0) is 0 Å². The minimum atomic E-state index is -0.386. The fourth-order valence-electron chi connectivity index (χ4n) is 2.40. The molecule has 1 N–H and O–H groups in total. The van der Waals surface area contributed by atoms with Crippen molar-refractivity contribution in [3.05, 3.63) is 77.3 Å². The molecule has 0 saturated carbocycles. The highest BCUT2D eigenvalue weighted by atomic mass is 19.1. The monoisotopic (exact) mass is 309 g/mol. The third-order valence-corrected chi connectivity index (χ3v) is 3.60. The summed E-state index contributed by atoms with van der Waals surface area (Å²) in [5.74, 6) is -0.278. The largest absolute Gasteiger partial charge is 0.451 e. The number of nitrogens with one attached hydrogen (secondary N) is 1. The molecule has 0 unspecified atom stereocenters. The Morgan fingerprint density at radius 1 is 1.04 bits per heavy atom. The second-order valence-electron chi connectivity index (χ2n) is 5.42. The van der Waals surface area contributed by atoms with Gasteiger partial charge in [-0.2, -0.15) is 0 Å². The molecule has 0 fully saturated rings. The number of carbonyl (C=O) groups is 1. The summed E-state index contributed by atoms with van der Waals surface area (Å²) in [5, 5.41) is 2.81. The minimum Gasteiger partial charge on any atom is -0.451 e. The standard InChI is InChI=1S/C19H16FNO2/c1-12-7-8-16(13(2)11-12)21-19(22)18-10-9-17(23-18)14-5-3-4-6-15(14)20/h3-11H,1-2H3,(H,21,22). The topological polar surface area (TPSA) is 42.2 Å². The Labute approximate surface area is 133 Å². The first-order valence-electron chi connectivity index (χ1n) is 7.28. The first-order chi connectivity index (χ1) is 11.0. The van der Waals surface area contributed by atoms with Gasteiger partial charge in [0.2, 0.25) is 0 Å². The van der Waals surface area contributed by atoms with E-state index in [9.17, 15) is 9.18 Å². The van der Waals surface area contributed by atoms with E-state index in [4.69, 9.17) is 4.42 Å². The quantitative estimate of drug-likeness (QED) is 0.743. The summed E-state index contributed by atoms with van der Waals surface area (Å²) in [4.78, 5) is 12.3. The Morgan fingerprint density at radius 2 is 1.83 bits per heavy atom. The van der Waals surface area contributed by atoms with Gasteiger partial charge in [-0.05, 0) is 49.7 Å². The molecule has 0 aliphatic carbocycles. The van der Waals surface area contributed by atoms with Gasteiger partial charge < -0.3 is 9.73 Å². The van der Waals surface area contributed by atoms with Crippen molar-refractivity contribution in [2.24, 2.45) is 0 Å². The number of benzene rings is 2. The van der Waals surface area contributed by atoms with Crippen LogP contribution in [0, 0.1) is 19.7 Å². The third kappa shape index (κ3) is 3.16. The summed E-state index contributed by atoms with van der Waals surface area (Å²) in [6.45, 7) is 3.92. The molecule has 3 rings (SSSR count). The second kappa shape index (κ2) is 6.08. The molecule has 2 aromatic carbocycles. The van der Waals surface area contributed by atoms with Crippen LogP contribution in [0.5, 0.6) is 0 Å². The summed E-state index contributed by atoms with van der Waals surface area (Å²) in [6.07, 6.45) is 0. The predicted octanol–water partition coefficient (Wildman–Crippen LogP) is 4.95. The SMILES string of the molecule is Cc1ccc(NC(=O)c2ccc(-c3ccccc3F)o2)c(C)c1. The normalized spacial score (nSPS) is 10.6. The van der Waals surface area contributed by atoms with Gasteiger partial charge in [0, 0.05) is 5.69 Å². The zero-order valence-corrected chi connectivity index (χ0v) is 12.9. The molecule has 0 bridgehead atoms. The minimum absolute atomic E-state index is 0.142. The predicted molar refractivity (Wildman–Crippen MR) is 88.0 cm³/mol. The van der Waals surface area contributed by atoms with Crippen molar-refractivity contribution in [3.8, 4) is 11.3 Å². The molecule has 1 heterocycles. The first kappa shape index (κ1) is 15.0. The van der Waals surface area contributed by atoms with E-state index in [1.165, 1.54) is 6.07 Å². The number of aryl methyl sites for hydroxylation is 2. The highest BCUT2D eigenvalue weighted by Gasteiger charge is 2.15. The van der Waals surface area contributed by atoms with E-state index in [1.54, 1.807) is 30.3 Å². The van der Waals surface area contributed by atoms with Crippen LogP contribution >= 0.6 is 0 Å². The lowest BCUT2D eigenvalue weighted by atomic mass is 10.1. The van der Waals surface area contributed by atoms with Crippen LogP contribution in [-0.4, -0.2) is 5.91 Å². The van der Waals surface area contributed by atoms with Gasteiger partial charge in [0.05, 0.1) is 5.56 Å². The number of furan rings is 1. The summed E-state index contributed by atoms with van der Waals surface area (Å²) >= 11 is 0. The van der Waals surface area contributed by atoms with Crippen molar-refractivity contribution in [2.75, 3.05) is 5.32 Å². The Bertz CT molecular complexity index is 867. The lowest BCUT2D eigenvalue weighted by Crippen LogP contribution is -2.11. The lowest BCUT2D eigenvalue weighted by Gasteiger charge is -2.07. The molecule has 0 aliphatic heterocycles. The number of hydrogen-bond acceptors (Lipinski definition) is 2. The van der Waals surface area contributed by atoms with Gasteiger partial charge in [-0.3, -0.25) is 4.79 Å². The lowest BCUT2D eigenvalue weighted by molar-refractivity contribution is 0.0997. The van der Waals surface area contributed by atoms with E-state index < -0.39 is 0 Å². The molecule has 23 heavy (non-hydrogen) atoms. The summed E-state index contributed by atoms with van der Waals surface area (Å²) in [6, 6.07) is 15.2. The number of rotatable bonds is 3. The molecular formula is C19H16FNO2. The molecule has 3 aromatic rings. The van der Waals surface area contributed by atoms with Crippen LogP contribution < -0.4 is 5.32 Å². The summed E-state index contributed by atoms with van der Waals surface area (Å²) in [7, 11) is 0. The number of anilines is 1. The van der Waals surface area contributed by atoms with E-state index in [-0.39, 0.29) is 17.5 Å². The van der Waals surface area contributed by atoms with Crippen molar-refractivity contribution in [1.29, 1.82) is 0 Å². The number of amides is 1. The van der Waals surface area contributed by atoms with Gasteiger partial charge >= 0.3 is 0 Å². The molecule has 4 heteroatoms. The van der Waals surface area contributed by atoms with Gasteiger partial charge in [-0.25, -0.2) is 4.39 Å². The van der Waals surface area contributed by atoms with Gasteiger partial charge in [0.15, 0.2) is 5.76 Å². The van der Waals surface area contributed by atoms with Crippen LogP contribution in [0.1, 0.15) is 21.7 Å². The first-order valence-corrected chi connectivity index (χ1v) is 7.28. The average Bonchev–Trinajstić information content (AvgIpc) is 3.00. The fraction of sp³-hybridized carbons (Fsp3) is 0.105. The molecular weight excluding hydrogens is 293 g/mol. The van der Waals surface area contributed by atoms with Gasteiger partial charge in [-0.15, -0.1) is 0 Å². The molecule has 0 saturated heterocycles. The van der Waals surface area contributed by atoms with E-state index in [2.05, 4.69) is 5.32 Å². The Balaban J connectivity index is 1.83. The van der Waals surface area contributed by atoms with E-state index in [1.807, 2.05) is 32.0 Å². The molecule has 1 aromatic heterocycles. The molecule has 0 spiro atoms. The average molecular weight is 309 g/mol. The van der Waals surface area contributed by atoms with Crippen molar-refractivity contribution in [3.63, 3.8) is 0 Å². The molecule has 116 valence electrons. The Hall–Kier alpha value is -2.88. The van der Waals surface area contributed by atoms with Crippen molar-refractivity contribution in [1.82, 2.24) is 0 Å². The van der Waals surface area contributed by atoms with Gasteiger partial charge in [-0.1, -0.05) is 29.8 Å².